The van der Waals surface area contributed by atoms with Crippen LogP contribution in [0, 0.1) is 6.92 Å². The Morgan fingerprint density at radius 3 is 2.94 bits per heavy atom. The fourth-order valence-corrected chi connectivity index (χ4v) is 2.92. The van der Waals surface area contributed by atoms with Gasteiger partial charge < -0.3 is 5.73 Å². The van der Waals surface area contributed by atoms with E-state index in [1.54, 1.807) is 0 Å². The van der Waals surface area contributed by atoms with Gasteiger partial charge in [0.15, 0.2) is 0 Å². The van der Waals surface area contributed by atoms with Gasteiger partial charge in [-0.1, -0.05) is 17.7 Å². The normalized spacial score (nSPS) is 14.3. The van der Waals surface area contributed by atoms with Crippen LogP contribution in [0.25, 0.3) is 10.9 Å². The van der Waals surface area contributed by atoms with Gasteiger partial charge in [0.1, 0.15) is 0 Å². The minimum atomic E-state index is 0.586. The zero-order valence-corrected chi connectivity index (χ0v) is 10.6. The zero-order chi connectivity index (χ0) is 12.0. The van der Waals surface area contributed by atoms with E-state index in [2.05, 4.69) is 6.07 Å². The molecule has 17 heavy (non-hydrogen) atoms. The highest BCUT2D eigenvalue weighted by Gasteiger charge is 2.19. The molecule has 1 aromatic carbocycles. The average molecular weight is 247 g/mol. The number of pyridine rings is 1. The second kappa shape index (κ2) is 3.97. The van der Waals surface area contributed by atoms with Crippen molar-refractivity contribution in [1.82, 2.24) is 4.98 Å². The Balaban J connectivity index is 2.44. The highest BCUT2D eigenvalue weighted by Crippen LogP contribution is 2.33. The molecule has 2 N–H and O–H groups in total. The lowest BCUT2D eigenvalue weighted by molar-refractivity contribution is 0.896. The van der Waals surface area contributed by atoms with Crippen LogP contribution in [0.15, 0.2) is 12.1 Å². The maximum atomic E-state index is 6.16. The molecule has 2 aromatic rings. The van der Waals surface area contributed by atoms with Gasteiger partial charge in [0, 0.05) is 22.6 Å². The van der Waals surface area contributed by atoms with Gasteiger partial charge in [-0.2, -0.15) is 0 Å². The van der Waals surface area contributed by atoms with Crippen molar-refractivity contribution in [1.29, 1.82) is 0 Å². The molecular weight excluding hydrogens is 232 g/mol. The van der Waals surface area contributed by atoms with Crippen LogP contribution in [-0.4, -0.2) is 4.98 Å². The Morgan fingerprint density at radius 1 is 1.35 bits per heavy atom. The standard InChI is InChI=1S/C14H15ClN2/c1-8-12(15)6-5-10-11(7-16)9-3-2-4-13(9)17-14(8)10/h5-6H,2-4,7,16H2,1H3. The molecule has 3 heteroatoms. The molecule has 88 valence electrons. The number of nitrogens with two attached hydrogens (primary N) is 1. The summed E-state index contributed by atoms with van der Waals surface area (Å²) < 4.78 is 0. The molecule has 0 unspecified atom stereocenters. The minimum Gasteiger partial charge on any atom is -0.326 e. The molecule has 0 saturated heterocycles. The first-order valence-electron chi connectivity index (χ1n) is 6.02. The summed E-state index contributed by atoms with van der Waals surface area (Å²) in [6.45, 7) is 2.61. The van der Waals surface area contributed by atoms with E-state index in [4.69, 9.17) is 22.3 Å². The second-order valence-corrected chi connectivity index (χ2v) is 5.05. The van der Waals surface area contributed by atoms with Crippen molar-refractivity contribution in [3.05, 3.63) is 39.5 Å². The lowest BCUT2D eigenvalue weighted by atomic mass is 9.99. The summed E-state index contributed by atoms with van der Waals surface area (Å²) in [5.74, 6) is 0. The average Bonchev–Trinajstić information content (AvgIpc) is 2.79. The first-order valence-corrected chi connectivity index (χ1v) is 6.39. The van der Waals surface area contributed by atoms with Crippen molar-refractivity contribution in [2.24, 2.45) is 5.73 Å². The van der Waals surface area contributed by atoms with Crippen molar-refractivity contribution in [3.8, 4) is 0 Å². The van der Waals surface area contributed by atoms with Gasteiger partial charge >= 0.3 is 0 Å². The van der Waals surface area contributed by atoms with Crippen LogP contribution in [0.4, 0.5) is 0 Å². The number of aryl methyl sites for hydroxylation is 2. The Hall–Kier alpha value is -1.12. The van der Waals surface area contributed by atoms with Crippen LogP contribution in [0.5, 0.6) is 0 Å². The second-order valence-electron chi connectivity index (χ2n) is 4.64. The summed E-state index contributed by atoms with van der Waals surface area (Å²) in [5.41, 5.74) is 11.9. The molecule has 0 bridgehead atoms. The molecule has 1 heterocycles. The van der Waals surface area contributed by atoms with Crippen LogP contribution < -0.4 is 5.73 Å². The quantitative estimate of drug-likeness (QED) is 0.840. The molecule has 1 aromatic heterocycles. The number of fused-ring (bicyclic) bond motifs is 2. The Kier molecular flexibility index (Phi) is 2.57. The molecule has 0 aliphatic heterocycles. The van der Waals surface area contributed by atoms with Crippen molar-refractivity contribution in [2.75, 3.05) is 0 Å². The van der Waals surface area contributed by atoms with Crippen LogP contribution in [-0.2, 0) is 19.4 Å². The molecule has 0 saturated carbocycles. The minimum absolute atomic E-state index is 0.586. The Labute approximate surface area is 106 Å². The van der Waals surface area contributed by atoms with Crippen molar-refractivity contribution < 1.29 is 0 Å². The number of aromatic nitrogens is 1. The van der Waals surface area contributed by atoms with Gasteiger partial charge in [-0.25, -0.2) is 0 Å². The van der Waals surface area contributed by atoms with E-state index < -0.39 is 0 Å². The van der Waals surface area contributed by atoms with E-state index >= 15 is 0 Å². The third-order valence-electron chi connectivity index (χ3n) is 3.69. The van der Waals surface area contributed by atoms with Gasteiger partial charge in [0.05, 0.1) is 5.52 Å². The smallest absolute Gasteiger partial charge is 0.0752 e. The molecule has 1 aliphatic carbocycles. The predicted octanol–water partition coefficient (Wildman–Crippen LogP) is 3.14. The summed E-state index contributed by atoms with van der Waals surface area (Å²) in [6, 6.07) is 4.00. The first-order chi connectivity index (χ1) is 8.22. The number of hydrogen-bond donors (Lipinski definition) is 1. The molecule has 1 aliphatic rings. The third kappa shape index (κ3) is 1.55. The summed E-state index contributed by atoms with van der Waals surface area (Å²) in [6.07, 6.45) is 3.38. The van der Waals surface area contributed by atoms with Crippen molar-refractivity contribution in [3.63, 3.8) is 0 Å². The van der Waals surface area contributed by atoms with Crippen LogP contribution in [0.2, 0.25) is 5.02 Å². The molecule has 0 atom stereocenters. The molecule has 0 spiro atoms. The molecular formula is C14H15ClN2. The van der Waals surface area contributed by atoms with E-state index in [1.807, 2.05) is 13.0 Å². The summed E-state index contributed by atoms with van der Waals surface area (Å²) in [7, 11) is 0. The molecule has 3 rings (SSSR count). The van der Waals surface area contributed by atoms with Gasteiger partial charge in [-0.3, -0.25) is 4.98 Å². The Bertz CT molecular complexity index is 605. The highest BCUT2D eigenvalue weighted by atomic mass is 35.5. The number of benzene rings is 1. The lowest BCUT2D eigenvalue weighted by Gasteiger charge is -2.12. The largest absolute Gasteiger partial charge is 0.326 e. The van der Waals surface area contributed by atoms with E-state index in [9.17, 15) is 0 Å². The van der Waals surface area contributed by atoms with E-state index in [0.717, 1.165) is 28.9 Å². The van der Waals surface area contributed by atoms with Gasteiger partial charge in [0.2, 0.25) is 0 Å². The van der Waals surface area contributed by atoms with Crippen molar-refractivity contribution in [2.45, 2.75) is 32.7 Å². The van der Waals surface area contributed by atoms with Crippen LogP contribution >= 0.6 is 11.6 Å². The van der Waals surface area contributed by atoms with E-state index in [1.165, 1.54) is 28.6 Å². The van der Waals surface area contributed by atoms with Crippen molar-refractivity contribution >= 4 is 22.5 Å². The predicted molar refractivity (Wildman–Crippen MR) is 71.4 cm³/mol. The fraction of sp³-hybridized carbons (Fsp3) is 0.357. The van der Waals surface area contributed by atoms with Crippen LogP contribution in [0.3, 0.4) is 0 Å². The van der Waals surface area contributed by atoms with E-state index in [-0.39, 0.29) is 0 Å². The summed E-state index contributed by atoms with van der Waals surface area (Å²) in [4.78, 5) is 4.78. The topological polar surface area (TPSA) is 38.9 Å². The summed E-state index contributed by atoms with van der Waals surface area (Å²) in [5, 5.41) is 1.96. The summed E-state index contributed by atoms with van der Waals surface area (Å²) >= 11 is 6.16. The molecule has 0 radical (unpaired) electrons. The monoisotopic (exact) mass is 246 g/mol. The maximum absolute atomic E-state index is 6.16. The highest BCUT2D eigenvalue weighted by molar-refractivity contribution is 6.32. The Morgan fingerprint density at radius 2 is 2.18 bits per heavy atom. The number of hydrogen-bond acceptors (Lipinski definition) is 2. The zero-order valence-electron chi connectivity index (χ0n) is 9.89. The number of rotatable bonds is 1. The molecule has 0 fully saturated rings. The fourth-order valence-electron chi connectivity index (χ4n) is 2.77. The number of nitrogens with zero attached hydrogens (tertiary/aromatic N) is 1. The SMILES string of the molecule is Cc1c(Cl)ccc2c(CN)c3c(nc12)CCC3. The number of halogens is 1. The lowest BCUT2D eigenvalue weighted by Crippen LogP contribution is -2.05. The van der Waals surface area contributed by atoms with E-state index in [0.29, 0.717) is 6.54 Å². The van der Waals surface area contributed by atoms with Gasteiger partial charge in [-0.15, -0.1) is 0 Å². The maximum Gasteiger partial charge on any atom is 0.0752 e. The van der Waals surface area contributed by atoms with Crippen LogP contribution in [0.1, 0.15) is 28.8 Å². The third-order valence-corrected chi connectivity index (χ3v) is 4.10. The first kappa shape index (κ1) is 11.0. The van der Waals surface area contributed by atoms with Gasteiger partial charge in [0.25, 0.3) is 0 Å². The molecule has 2 nitrogen and oxygen atoms in total. The van der Waals surface area contributed by atoms with Gasteiger partial charge in [-0.05, 0) is 48.9 Å². The molecule has 0 amide bonds.